The van der Waals surface area contributed by atoms with Gasteiger partial charge in [0.1, 0.15) is 0 Å². The molecule has 8 heavy (non-hydrogen) atoms. The summed E-state index contributed by atoms with van der Waals surface area (Å²) in [5, 5.41) is 0.971. The van der Waals surface area contributed by atoms with Gasteiger partial charge in [-0.1, -0.05) is 0 Å². The first-order chi connectivity index (χ1) is 3.77. The summed E-state index contributed by atoms with van der Waals surface area (Å²) < 4.78 is 11.5. The predicted octanol–water partition coefficient (Wildman–Crippen LogP) is 2.16. The van der Waals surface area contributed by atoms with E-state index in [0.29, 0.717) is 0 Å². The first kappa shape index (κ1) is 8.54. The first-order valence-corrected chi connectivity index (χ1v) is 5.07. The van der Waals surface area contributed by atoms with E-state index in [2.05, 4.69) is 19.1 Å². The first-order valence-electron chi connectivity index (χ1n) is 2.59. The molecule has 0 radical (unpaired) electrons. The molecule has 48 valence electrons. The Morgan fingerprint density at radius 3 is 2.75 bits per heavy atom. The van der Waals surface area contributed by atoms with Crippen molar-refractivity contribution in [2.24, 2.45) is 0 Å². The van der Waals surface area contributed by atoms with Crippen LogP contribution in [0.4, 0.5) is 4.39 Å². The van der Waals surface area contributed by atoms with Gasteiger partial charge in [-0.15, -0.1) is 0 Å². The molecule has 0 aliphatic carbocycles. The van der Waals surface area contributed by atoms with E-state index in [0.717, 1.165) is 18.2 Å². The van der Waals surface area contributed by atoms with Crippen molar-refractivity contribution in [2.45, 2.75) is 25.1 Å². The van der Waals surface area contributed by atoms with E-state index in [-0.39, 0.29) is 19.0 Å². The van der Waals surface area contributed by atoms with Crippen LogP contribution in [0.3, 0.4) is 0 Å². The summed E-state index contributed by atoms with van der Waals surface area (Å²) in [5.41, 5.74) is 0. The Hall–Kier alpha value is 0.539. The number of unbranched alkanes of at least 4 members (excludes halogenated alkanes) is 1. The van der Waals surface area contributed by atoms with Crippen LogP contribution >= 0.6 is 12.2 Å². The maximum atomic E-state index is 11.8. The number of hydrogen-bond acceptors (Lipinski definition) is 1. The standard InChI is InChI=1S/C5H9FSSe/c1-2-3-4-8-5(6)7/h2-4H2,1H3. The second-order valence-corrected chi connectivity index (χ2v) is 4.60. The molecule has 0 nitrogen and oxygen atoms in total. The maximum absolute atomic E-state index is 11.8. The fourth-order valence-corrected chi connectivity index (χ4v) is 1.97. The molecule has 0 amide bonds. The fraction of sp³-hybridized carbons (Fsp3) is 0.800. The number of halogens is 1. The van der Waals surface area contributed by atoms with Crippen LogP contribution in [0.5, 0.6) is 0 Å². The molecule has 0 saturated heterocycles. The van der Waals surface area contributed by atoms with E-state index in [9.17, 15) is 4.39 Å². The Labute approximate surface area is 61.0 Å². The zero-order valence-corrected chi connectivity index (χ0v) is 7.35. The van der Waals surface area contributed by atoms with Gasteiger partial charge in [-0.05, 0) is 0 Å². The van der Waals surface area contributed by atoms with Crippen LogP contribution in [-0.4, -0.2) is 19.0 Å². The molecule has 0 rings (SSSR count). The molecule has 0 bridgehead atoms. The van der Waals surface area contributed by atoms with Crippen LogP contribution in [0, 0.1) is 0 Å². The van der Waals surface area contributed by atoms with Crippen molar-refractivity contribution in [1.82, 2.24) is 0 Å². The van der Waals surface area contributed by atoms with Crippen LogP contribution in [0.25, 0.3) is 0 Å². The Kier molecular flexibility index (Phi) is 6.05. The number of thiocarbonyl (C=S) groups is 1. The van der Waals surface area contributed by atoms with Crippen LogP contribution in [0.1, 0.15) is 19.8 Å². The molecular weight excluding hydrogens is 190 g/mol. The zero-order valence-electron chi connectivity index (χ0n) is 4.82. The minimum atomic E-state index is -0.286. The average Bonchev–Trinajstić information content (AvgIpc) is 1.66. The molecule has 0 aromatic heterocycles. The summed E-state index contributed by atoms with van der Waals surface area (Å²) >= 11 is 4.26. The van der Waals surface area contributed by atoms with E-state index in [1.165, 1.54) is 0 Å². The molecule has 0 heterocycles. The molecule has 0 spiro atoms. The second-order valence-electron chi connectivity index (χ2n) is 1.44. The van der Waals surface area contributed by atoms with Gasteiger partial charge in [-0.25, -0.2) is 0 Å². The Balaban J connectivity index is 2.82. The van der Waals surface area contributed by atoms with Gasteiger partial charge in [0, 0.05) is 0 Å². The van der Waals surface area contributed by atoms with Crippen molar-refractivity contribution < 1.29 is 4.39 Å². The Morgan fingerprint density at radius 1 is 1.75 bits per heavy atom. The molecule has 0 aliphatic heterocycles. The second kappa shape index (κ2) is 5.67. The molecule has 0 fully saturated rings. The van der Waals surface area contributed by atoms with Crippen LogP contribution in [0.2, 0.25) is 5.32 Å². The van der Waals surface area contributed by atoms with Gasteiger partial charge in [0.05, 0.1) is 0 Å². The van der Waals surface area contributed by atoms with Gasteiger partial charge in [-0.3, -0.25) is 0 Å². The van der Waals surface area contributed by atoms with Gasteiger partial charge in [0.15, 0.2) is 0 Å². The SMILES string of the molecule is CCCC[Se]C(F)=S. The average molecular weight is 199 g/mol. The van der Waals surface area contributed by atoms with Gasteiger partial charge in [-0.2, -0.15) is 0 Å². The summed E-state index contributed by atoms with van der Waals surface area (Å²) in [7, 11) is 0. The quantitative estimate of drug-likeness (QED) is 0.289. The van der Waals surface area contributed by atoms with Crippen molar-refractivity contribution >= 4 is 31.2 Å². The van der Waals surface area contributed by atoms with Crippen molar-refractivity contribution in [3.8, 4) is 0 Å². The van der Waals surface area contributed by atoms with Crippen LogP contribution in [0.15, 0.2) is 0 Å². The topological polar surface area (TPSA) is 0 Å². The van der Waals surface area contributed by atoms with Crippen LogP contribution < -0.4 is 0 Å². The third-order valence-corrected chi connectivity index (χ3v) is 2.84. The van der Waals surface area contributed by atoms with E-state index in [1.807, 2.05) is 0 Å². The summed E-state index contributed by atoms with van der Waals surface area (Å²) in [4.78, 5) is 0. The number of rotatable bonds is 4. The monoisotopic (exact) mass is 200 g/mol. The van der Waals surface area contributed by atoms with Crippen molar-refractivity contribution in [3.63, 3.8) is 0 Å². The predicted molar refractivity (Wildman–Crippen MR) is 39.2 cm³/mol. The molecule has 0 saturated carbocycles. The normalized spacial score (nSPS) is 9.25. The summed E-state index contributed by atoms with van der Waals surface area (Å²) in [6.07, 6.45) is 2.26. The van der Waals surface area contributed by atoms with Gasteiger partial charge in [0.2, 0.25) is 0 Å². The summed E-state index contributed by atoms with van der Waals surface area (Å²) in [6.45, 7) is 2.09. The van der Waals surface area contributed by atoms with Crippen molar-refractivity contribution in [2.75, 3.05) is 0 Å². The molecule has 0 aromatic rings. The minimum absolute atomic E-state index is 0.00859. The Morgan fingerprint density at radius 2 is 2.38 bits per heavy atom. The van der Waals surface area contributed by atoms with E-state index in [1.54, 1.807) is 0 Å². The molecule has 0 aromatic carbocycles. The van der Waals surface area contributed by atoms with Gasteiger partial charge >= 0.3 is 60.7 Å². The summed E-state index contributed by atoms with van der Waals surface area (Å²) in [6, 6.07) is 0. The van der Waals surface area contributed by atoms with Crippen molar-refractivity contribution in [3.05, 3.63) is 0 Å². The third-order valence-electron chi connectivity index (χ3n) is 0.713. The van der Waals surface area contributed by atoms with Crippen LogP contribution in [-0.2, 0) is 0 Å². The Bertz CT molecular complexity index is 74.8. The summed E-state index contributed by atoms with van der Waals surface area (Å²) in [5.74, 6) is 0. The molecule has 3 heteroatoms. The van der Waals surface area contributed by atoms with E-state index >= 15 is 0 Å². The molecule has 0 aliphatic rings. The third kappa shape index (κ3) is 6.54. The molecule has 0 atom stereocenters. The number of hydrogen-bond donors (Lipinski definition) is 0. The molecule has 0 N–H and O–H groups in total. The van der Waals surface area contributed by atoms with E-state index < -0.39 is 0 Å². The zero-order chi connectivity index (χ0) is 6.41. The van der Waals surface area contributed by atoms with E-state index in [4.69, 9.17) is 0 Å². The van der Waals surface area contributed by atoms with Gasteiger partial charge < -0.3 is 0 Å². The van der Waals surface area contributed by atoms with Gasteiger partial charge in [0.25, 0.3) is 0 Å². The van der Waals surface area contributed by atoms with Crippen molar-refractivity contribution in [1.29, 1.82) is 0 Å². The molecular formula is C5H9FSSe. The molecule has 0 unspecified atom stereocenters. The fourth-order valence-electron chi connectivity index (χ4n) is 0.297.